The second-order valence-corrected chi connectivity index (χ2v) is 6.47. The Hall–Kier alpha value is -1.46. The minimum atomic E-state index is -0.279. The molecule has 1 amide bonds. The number of amides is 1. The van der Waals surface area contributed by atoms with Crippen molar-refractivity contribution < 1.29 is 9.18 Å². The van der Waals surface area contributed by atoms with Gasteiger partial charge in [-0.25, -0.2) is 9.37 Å². The quantitative estimate of drug-likeness (QED) is 0.709. The van der Waals surface area contributed by atoms with E-state index < -0.39 is 0 Å². The van der Waals surface area contributed by atoms with Crippen molar-refractivity contribution in [2.75, 3.05) is 6.54 Å². The van der Waals surface area contributed by atoms with Crippen molar-refractivity contribution in [3.63, 3.8) is 0 Å². The fraction of sp³-hybridized carbons (Fsp3) is 0.250. The minimum Gasteiger partial charge on any atom is -0.332 e. The van der Waals surface area contributed by atoms with Gasteiger partial charge in [0.05, 0.1) is 11.6 Å². The summed E-state index contributed by atoms with van der Waals surface area (Å²) in [5, 5.41) is 0.193. The Labute approximate surface area is 141 Å². The van der Waals surface area contributed by atoms with E-state index in [-0.39, 0.29) is 22.9 Å². The van der Waals surface area contributed by atoms with Gasteiger partial charge in [-0.1, -0.05) is 23.7 Å². The standard InChI is InChI=1S/C16H13BrClFN2O/c17-11-8-13(15(18)20-9-11)16(22)21-7-1-2-14(21)10-3-5-12(19)6-4-10/h3-6,8-9,14H,1-2,7H2. The van der Waals surface area contributed by atoms with Gasteiger partial charge < -0.3 is 4.90 Å². The van der Waals surface area contributed by atoms with Gasteiger partial charge >= 0.3 is 0 Å². The Morgan fingerprint density at radius 3 is 2.82 bits per heavy atom. The zero-order valence-electron chi connectivity index (χ0n) is 11.6. The number of rotatable bonds is 2. The van der Waals surface area contributed by atoms with Crippen LogP contribution in [-0.2, 0) is 0 Å². The van der Waals surface area contributed by atoms with E-state index in [1.165, 1.54) is 12.1 Å². The van der Waals surface area contributed by atoms with E-state index in [0.29, 0.717) is 16.6 Å². The van der Waals surface area contributed by atoms with Gasteiger partial charge in [0.2, 0.25) is 0 Å². The zero-order valence-corrected chi connectivity index (χ0v) is 13.9. The summed E-state index contributed by atoms with van der Waals surface area (Å²) in [5.74, 6) is -0.426. The molecule has 0 radical (unpaired) electrons. The van der Waals surface area contributed by atoms with Gasteiger partial charge in [0.1, 0.15) is 11.0 Å². The molecule has 1 unspecified atom stereocenters. The van der Waals surface area contributed by atoms with Crippen LogP contribution in [0.2, 0.25) is 5.15 Å². The maximum Gasteiger partial charge on any atom is 0.257 e. The lowest BCUT2D eigenvalue weighted by molar-refractivity contribution is 0.0735. The molecule has 0 N–H and O–H groups in total. The van der Waals surface area contributed by atoms with Gasteiger partial charge in [-0.2, -0.15) is 0 Å². The number of halogens is 3. The lowest BCUT2D eigenvalue weighted by Gasteiger charge is -2.25. The van der Waals surface area contributed by atoms with Crippen molar-refractivity contribution in [1.82, 2.24) is 9.88 Å². The molecule has 0 saturated carbocycles. The van der Waals surface area contributed by atoms with Crippen LogP contribution in [0.3, 0.4) is 0 Å². The number of carbonyl (C=O) groups excluding carboxylic acids is 1. The summed E-state index contributed by atoms with van der Waals surface area (Å²) in [7, 11) is 0. The van der Waals surface area contributed by atoms with E-state index in [1.807, 2.05) is 0 Å². The fourth-order valence-corrected chi connectivity index (χ4v) is 3.28. The predicted octanol–water partition coefficient (Wildman–Crippen LogP) is 4.61. The Morgan fingerprint density at radius 1 is 1.36 bits per heavy atom. The first-order chi connectivity index (χ1) is 10.6. The maximum atomic E-state index is 13.1. The van der Waals surface area contributed by atoms with Crippen molar-refractivity contribution in [2.45, 2.75) is 18.9 Å². The average molecular weight is 384 g/mol. The Kier molecular flexibility index (Phi) is 4.45. The SMILES string of the molecule is O=C(c1cc(Br)cnc1Cl)N1CCCC1c1ccc(F)cc1. The predicted molar refractivity (Wildman–Crippen MR) is 86.4 cm³/mol. The third kappa shape index (κ3) is 3.01. The van der Waals surface area contributed by atoms with Crippen LogP contribution in [0.15, 0.2) is 41.0 Å². The smallest absolute Gasteiger partial charge is 0.257 e. The largest absolute Gasteiger partial charge is 0.332 e. The van der Waals surface area contributed by atoms with Gasteiger partial charge in [0.25, 0.3) is 5.91 Å². The summed E-state index contributed by atoms with van der Waals surface area (Å²) in [6.07, 6.45) is 3.32. The highest BCUT2D eigenvalue weighted by atomic mass is 79.9. The average Bonchev–Trinajstić information content (AvgIpc) is 2.99. The molecule has 6 heteroatoms. The molecule has 3 nitrogen and oxygen atoms in total. The van der Waals surface area contributed by atoms with Crippen LogP contribution in [0.1, 0.15) is 34.8 Å². The first-order valence-corrected chi connectivity index (χ1v) is 8.11. The molecule has 1 aliphatic heterocycles. The van der Waals surface area contributed by atoms with Gasteiger partial charge in [-0.05, 0) is 52.5 Å². The van der Waals surface area contributed by atoms with E-state index in [9.17, 15) is 9.18 Å². The second-order valence-electron chi connectivity index (χ2n) is 5.20. The summed E-state index contributed by atoms with van der Waals surface area (Å²) in [6.45, 7) is 0.656. The summed E-state index contributed by atoms with van der Waals surface area (Å²) in [4.78, 5) is 18.6. The molecule has 3 rings (SSSR count). The van der Waals surface area contributed by atoms with Gasteiger partial charge in [-0.15, -0.1) is 0 Å². The van der Waals surface area contributed by atoms with Crippen LogP contribution in [0, 0.1) is 5.82 Å². The summed E-state index contributed by atoms with van der Waals surface area (Å²) >= 11 is 9.36. The number of hydrogen-bond acceptors (Lipinski definition) is 2. The second kappa shape index (κ2) is 6.34. The summed E-state index contributed by atoms with van der Waals surface area (Å²) in [6, 6.07) is 7.92. The lowest BCUT2D eigenvalue weighted by atomic mass is 10.0. The van der Waals surface area contributed by atoms with Crippen LogP contribution in [0.25, 0.3) is 0 Å². The van der Waals surface area contributed by atoms with Crippen molar-refractivity contribution in [1.29, 1.82) is 0 Å². The normalized spacial score (nSPS) is 17.8. The monoisotopic (exact) mass is 382 g/mol. The molecule has 1 aromatic heterocycles. The van der Waals surface area contributed by atoms with Gasteiger partial charge in [0, 0.05) is 17.2 Å². The van der Waals surface area contributed by atoms with Crippen molar-refractivity contribution >= 4 is 33.4 Å². The molecule has 1 aromatic carbocycles. The van der Waals surface area contributed by atoms with Crippen LogP contribution in [0.4, 0.5) is 4.39 Å². The number of hydrogen-bond donors (Lipinski definition) is 0. The third-order valence-electron chi connectivity index (χ3n) is 3.80. The van der Waals surface area contributed by atoms with Crippen molar-refractivity contribution in [3.8, 4) is 0 Å². The fourth-order valence-electron chi connectivity index (χ4n) is 2.77. The van der Waals surface area contributed by atoms with Crippen molar-refractivity contribution in [2.24, 2.45) is 0 Å². The van der Waals surface area contributed by atoms with E-state index in [2.05, 4.69) is 20.9 Å². The third-order valence-corrected chi connectivity index (χ3v) is 4.54. The number of likely N-dealkylation sites (tertiary alicyclic amines) is 1. The Morgan fingerprint density at radius 2 is 2.09 bits per heavy atom. The molecule has 1 fully saturated rings. The number of nitrogens with zero attached hydrogens (tertiary/aromatic N) is 2. The van der Waals surface area contributed by atoms with Crippen LogP contribution < -0.4 is 0 Å². The first-order valence-electron chi connectivity index (χ1n) is 6.94. The van der Waals surface area contributed by atoms with Crippen molar-refractivity contribution in [3.05, 3.63) is 63.1 Å². The lowest BCUT2D eigenvalue weighted by Crippen LogP contribution is -2.31. The number of benzene rings is 1. The van der Waals surface area contributed by atoms with E-state index in [1.54, 1.807) is 29.3 Å². The molecule has 1 atom stereocenters. The Bertz CT molecular complexity index is 708. The number of carbonyl (C=O) groups is 1. The van der Waals surface area contributed by atoms with Crippen LogP contribution in [-0.4, -0.2) is 22.3 Å². The summed E-state index contributed by atoms with van der Waals surface area (Å²) in [5.41, 5.74) is 1.32. The molecular formula is C16H13BrClFN2O. The molecule has 1 aliphatic rings. The molecule has 1 saturated heterocycles. The van der Waals surface area contributed by atoms with E-state index in [4.69, 9.17) is 11.6 Å². The van der Waals surface area contributed by atoms with Gasteiger partial charge in [-0.3, -0.25) is 4.79 Å². The molecular weight excluding hydrogens is 371 g/mol. The highest BCUT2D eigenvalue weighted by Crippen LogP contribution is 2.34. The van der Waals surface area contributed by atoms with Crippen LogP contribution >= 0.6 is 27.5 Å². The number of pyridine rings is 1. The minimum absolute atomic E-state index is 0.0526. The highest BCUT2D eigenvalue weighted by Gasteiger charge is 2.31. The molecule has 22 heavy (non-hydrogen) atoms. The topological polar surface area (TPSA) is 33.2 Å². The first kappa shape index (κ1) is 15.4. The van der Waals surface area contributed by atoms with Gasteiger partial charge in [0.15, 0.2) is 0 Å². The molecule has 2 aromatic rings. The molecule has 0 spiro atoms. The number of aromatic nitrogens is 1. The zero-order chi connectivity index (χ0) is 15.7. The maximum absolute atomic E-state index is 13.1. The van der Waals surface area contributed by atoms with E-state index >= 15 is 0 Å². The highest BCUT2D eigenvalue weighted by molar-refractivity contribution is 9.10. The van der Waals surface area contributed by atoms with Crippen LogP contribution in [0.5, 0.6) is 0 Å². The van der Waals surface area contributed by atoms with E-state index in [0.717, 1.165) is 18.4 Å². The molecule has 2 heterocycles. The Balaban J connectivity index is 1.91. The summed E-state index contributed by atoms with van der Waals surface area (Å²) < 4.78 is 13.8. The molecule has 0 aliphatic carbocycles. The molecule has 114 valence electrons. The molecule has 0 bridgehead atoms.